The summed E-state index contributed by atoms with van der Waals surface area (Å²) in [6.45, 7) is 4.47. The average molecular weight is 243 g/mol. The van der Waals surface area contributed by atoms with Crippen LogP contribution in [0.4, 0.5) is 0 Å². The quantitative estimate of drug-likeness (QED) is 0.649. The highest BCUT2D eigenvalue weighted by Gasteiger charge is 2.33. The van der Waals surface area contributed by atoms with Gasteiger partial charge in [-0.1, -0.05) is 13.3 Å². The number of likely N-dealkylation sites (tertiary alicyclic amines) is 1. The molecule has 1 aliphatic heterocycles. The molecule has 0 radical (unpaired) electrons. The van der Waals surface area contributed by atoms with E-state index in [2.05, 4.69) is 6.92 Å². The number of hydrogen-bond donors (Lipinski definition) is 1. The molecule has 0 aromatic carbocycles. The molecule has 1 aliphatic rings. The van der Waals surface area contributed by atoms with E-state index < -0.39 is 11.9 Å². The van der Waals surface area contributed by atoms with Gasteiger partial charge in [-0.3, -0.25) is 9.59 Å². The minimum atomic E-state index is -0.875. The lowest BCUT2D eigenvalue weighted by Crippen LogP contribution is -2.28. The summed E-state index contributed by atoms with van der Waals surface area (Å²) >= 11 is 0. The van der Waals surface area contributed by atoms with Crippen LogP contribution in [-0.2, 0) is 14.3 Å². The number of aliphatic carboxylic acids is 1. The normalized spacial score (nSPS) is 19.9. The summed E-state index contributed by atoms with van der Waals surface area (Å²) in [5.41, 5.74) is 0. The van der Waals surface area contributed by atoms with Crippen molar-refractivity contribution in [2.24, 2.45) is 5.92 Å². The summed E-state index contributed by atoms with van der Waals surface area (Å²) in [5, 5.41) is 8.81. The predicted molar refractivity (Wildman–Crippen MR) is 62.7 cm³/mol. The standard InChI is InChI=1S/C12H21NO4/c1-2-3-6-17-7-4-5-13-9-10(12(15)16)8-11(13)14/h10H,2-9H2,1H3,(H,15,16). The van der Waals surface area contributed by atoms with Gasteiger partial charge in [-0.05, 0) is 12.8 Å². The number of rotatable bonds is 8. The molecule has 1 fully saturated rings. The molecule has 1 unspecified atom stereocenters. The van der Waals surface area contributed by atoms with Gasteiger partial charge in [0.1, 0.15) is 0 Å². The third kappa shape index (κ3) is 4.73. The van der Waals surface area contributed by atoms with Crippen molar-refractivity contribution in [1.29, 1.82) is 0 Å². The van der Waals surface area contributed by atoms with Crippen molar-refractivity contribution >= 4 is 11.9 Å². The zero-order chi connectivity index (χ0) is 12.7. The molecule has 5 nitrogen and oxygen atoms in total. The maximum absolute atomic E-state index is 11.5. The molecular weight excluding hydrogens is 222 g/mol. The lowest BCUT2D eigenvalue weighted by Gasteiger charge is -2.15. The Labute approximate surface area is 102 Å². The number of nitrogens with zero attached hydrogens (tertiary/aromatic N) is 1. The molecule has 1 N–H and O–H groups in total. The Balaban J connectivity index is 2.11. The SMILES string of the molecule is CCCCOCCCN1CC(C(=O)O)CC1=O. The zero-order valence-electron chi connectivity index (χ0n) is 10.4. The molecule has 0 aliphatic carbocycles. The Morgan fingerprint density at radius 1 is 1.47 bits per heavy atom. The molecule has 1 atom stereocenters. The van der Waals surface area contributed by atoms with E-state index in [1.165, 1.54) is 0 Å². The molecule has 0 aromatic rings. The second kappa shape index (κ2) is 7.27. The van der Waals surface area contributed by atoms with Gasteiger partial charge in [0.15, 0.2) is 0 Å². The van der Waals surface area contributed by atoms with Crippen LogP contribution < -0.4 is 0 Å². The third-order valence-corrected chi connectivity index (χ3v) is 2.92. The molecule has 0 spiro atoms. The van der Waals surface area contributed by atoms with Crippen LogP contribution in [-0.4, -0.2) is 48.2 Å². The van der Waals surface area contributed by atoms with Crippen molar-refractivity contribution in [3.8, 4) is 0 Å². The fourth-order valence-corrected chi connectivity index (χ4v) is 1.86. The number of hydrogen-bond acceptors (Lipinski definition) is 3. The average Bonchev–Trinajstić information content (AvgIpc) is 2.65. The van der Waals surface area contributed by atoms with Crippen LogP contribution in [0, 0.1) is 5.92 Å². The molecule has 17 heavy (non-hydrogen) atoms. The van der Waals surface area contributed by atoms with Crippen molar-refractivity contribution in [1.82, 2.24) is 4.90 Å². The molecule has 1 saturated heterocycles. The van der Waals surface area contributed by atoms with E-state index in [-0.39, 0.29) is 12.3 Å². The Morgan fingerprint density at radius 2 is 2.18 bits per heavy atom. The predicted octanol–water partition coefficient (Wildman–Crippen LogP) is 1.13. The Hall–Kier alpha value is -1.10. The molecule has 1 amide bonds. The van der Waals surface area contributed by atoms with Gasteiger partial charge in [0, 0.05) is 32.7 Å². The van der Waals surface area contributed by atoms with Crippen molar-refractivity contribution in [2.75, 3.05) is 26.3 Å². The van der Waals surface area contributed by atoms with Crippen LogP contribution in [0.1, 0.15) is 32.6 Å². The molecule has 0 saturated carbocycles. The van der Waals surface area contributed by atoms with Gasteiger partial charge < -0.3 is 14.7 Å². The number of carboxylic acids is 1. The van der Waals surface area contributed by atoms with E-state index in [9.17, 15) is 9.59 Å². The van der Waals surface area contributed by atoms with E-state index in [1.807, 2.05) is 0 Å². The van der Waals surface area contributed by atoms with Crippen LogP contribution in [0.25, 0.3) is 0 Å². The van der Waals surface area contributed by atoms with E-state index in [1.54, 1.807) is 4.90 Å². The minimum Gasteiger partial charge on any atom is -0.481 e. The maximum Gasteiger partial charge on any atom is 0.308 e. The van der Waals surface area contributed by atoms with Crippen LogP contribution in [0.3, 0.4) is 0 Å². The van der Waals surface area contributed by atoms with E-state index in [0.29, 0.717) is 19.7 Å². The Kier molecular flexibility index (Phi) is 5.97. The molecule has 5 heteroatoms. The highest BCUT2D eigenvalue weighted by molar-refractivity contribution is 5.86. The van der Waals surface area contributed by atoms with E-state index in [0.717, 1.165) is 25.9 Å². The topological polar surface area (TPSA) is 66.8 Å². The van der Waals surface area contributed by atoms with E-state index >= 15 is 0 Å². The molecular formula is C12H21NO4. The lowest BCUT2D eigenvalue weighted by molar-refractivity contribution is -0.141. The Bertz CT molecular complexity index is 267. The highest BCUT2D eigenvalue weighted by Crippen LogP contribution is 2.17. The first-order valence-corrected chi connectivity index (χ1v) is 6.23. The van der Waals surface area contributed by atoms with Crippen LogP contribution in [0.5, 0.6) is 0 Å². The third-order valence-electron chi connectivity index (χ3n) is 2.92. The lowest BCUT2D eigenvalue weighted by atomic mass is 10.1. The molecule has 1 heterocycles. The number of carbonyl (C=O) groups is 2. The second-order valence-electron chi connectivity index (χ2n) is 4.40. The van der Waals surface area contributed by atoms with Gasteiger partial charge in [-0.15, -0.1) is 0 Å². The molecule has 0 aromatic heterocycles. The van der Waals surface area contributed by atoms with Crippen molar-refractivity contribution in [3.63, 3.8) is 0 Å². The summed E-state index contributed by atoms with van der Waals surface area (Å²) < 4.78 is 5.39. The second-order valence-corrected chi connectivity index (χ2v) is 4.40. The zero-order valence-corrected chi connectivity index (χ0v) is 10.4. The summed E-state index contributed by atoms with van der Waals surface area (Å²) in [5.74, 6) is -1.45. The van der Waals surface area contributed by atoms with Crippen LogP contribution >= 0.6 is 0 Å². The van der Waals surface area contributed by atoms with Gasteiger partial charge in [0.25, 0.3) is 0 Å². The Morgan fingerprint density at radius 3 is 2.76 bits per heavy atom. The van der Waals surface area contributed by atoms with Crippen LogP contribution in [0.2, 0.25) is 0 Å². The number of unbranched alkanes of at least 4 members (excludes halogenated alkanes) is 1. The number of ether oxygens (including phenoxy) is 1. The summed E-state index contributed by atoms with van der Waals surface area (Å²) in [4.78, 5) is 23.8. The largest absolute Gasteiger partial charge is 0.481 e. The summed E-state index contributed by atoms with van der Waals surface area (Å²) in [6, 6.07) is 0. The van der Waals surface area contributed by atoms with Crippen molar-refractivity contribution in [2.45, 2.75) is 32.6 Å². The first-order valence-electron chi connectivity index (χ1n) is 6.23. The monoisotopic (exact) mass is 243 g/mol. The van der Waals surface area contributed by atoms with Crippen molar-refractivity contribution < 1.29 is 19.4 Å². The first-order chi connectivity index (χ1) is 8.15. The van der Waals surface area contributed by atoms with Gasteiger partial charge in [0.05, 0.1) is 5.92 Å². The molecule has 1 rings (SSSR count). The van der Waals surface area contributed by atoms with Gasteiger partial charge in [-0.2, -0.15) is 0 Å². The van der Waals surface area contributed by atoms with Gasteiger partial charge in [-0.25, -0.2) is 0 Å². The van der Waals surface area contributed by atoms with Crippen molar-refractivity contribution in [3.05, 3.63) is 0 Å². The summed E-state index contributed by atoms with van der Waals surface area (Å²) in [6.07, 6.45) is 3.10. The van der Waals surface area contributed by atoms with Crippen LogP contribution in [0.15, 0.2) is 0 Å². The first kappa shape index (κ1) is 14.0. The number of carboxylic acid groups (broad SMARTS) is 1. The highest BCUT2D eigenvalue weighted by atomic mass is 16.5. The fourth-order valence-electron chi connectivity index (χ4n) is 1.86. The molecule has 0 bridgehead atoms. The number of carbonyl (C=O) groups excluding carboxylic acids is 1. The summed E-state index contributed by atoms with van der Waals surface area (Å²) in [7, 11) is 0. The number of amides is 1. The van der Waals surface area contributed by atoms with E-state index in [4.69, 9.17) is 9.84 Å². The van der Waals surface area contributed by atoms with Gasteiger partial charge in [0.2, 0.25) is 5.91 Å². The smallest absolute Gasteiger partial charge is 0.308 e. The minimum absolute atomic E-state index is 0.0500. The maximum atomic E-state index is 11.5. The molecule has 98 valence electrons. The fraction of sp³-hybridized carbons (Fsp3) is 0.833. The van der Waals surface area contributed by atoms with Gasteiger partial charge >= 0.3 is 5.97 Å².